The number of halogens is 1. The van der Waals surface area contributed by atoms with E-state index in [1.807, 2.05) is 46.8 Å². The van der Waals surface area contributed by atoms with Crippen LogP contribution in [0.3, 0.4) is 0 Å². The van der Waals surface area contributed by atoms with Crippen molar-refractivity contribution in [3.05, 3.63) is 29.3 Å². The van der Waals surface area contributed by atoms with Gasteiger partial charge in [0.1, 0.15) is 17.9 Å². The minimum atomic E-state index is -0.502. The lowest BCUT2D eigenvalue weighted by Crippen LogP contribution is -2.42. The molecule has 1 aromatic carbocycles. The van der Waals surface area contributed by atoms with Crippen LogP contribution in [-0.2, 0) is 9.53 Å². The normalized spacial score (nSPS) is 12.7. The Kier molecular flexibility index (Phi) is 9.84. The van der Waals surface area contributed by atoms with Crippen LogP contribution >= 0.6 is 24.0 Å². The molecule has 0 amide bonds. The number of benzene rings is 1. The van der Waals surface area contributed by atoms with Crippen molar-refractivity contribution < 1.29 is 14.3 Å². The molecule has 1 unspecified atom stereocenters. The molecule has 0 aliphatic rings. The van der Waals surface area contributed by atoms with Gasteiger partial charge in [-0.1, -0.05) is 17.7 Å². The molecule has 142 valence electrons. The van der Waals surface area contributed by atoms with Crippen LogP contribution in [0.15, 0.2) is 23.2 Å². The number of carbonyl (C=O) groups excluding carboxylic acids is 1. The van der Waals surface area contributed by atoms with E-state index >= 15 is 0 Å². The van der Waals surface area contributed by atoms with E-state index in [1.54, 1.807) is 14.2 Å². The van der Waals surface area contributed by atoms with E-state index < -0.39 is 5.60 Å². The van der Waals surface area contributed by atoms with E-state index in [2.05, 4.69) is 21.7 Å². The van der Waals surface area contributed by atoms with Crippen molar-refractivity contribution >= 4 is 35.9 Å². The quantitative estimate of drug-likeness (QED) is 0.304. The van der Waals surface area contributed by atoms with E-state index in [-0.39, 0.29) is 42.5 Å². The Morgan fingerprint density at radius 2 is 1.96 bits per heavy atom. The molecule has 7 heteroatoms. The Morgan fingerprint density at radius 3 is 2.48 bits per heavy atom. The monoisotopic (exact) mass is 463 g/mol. The van der Waals surface area contributed by atoms with Gasteiger partial charge in [0.25, 0.3) is 0 Å². The molecule has 25 heavy (non-hydrogen) atoms. The van der Waals surface area contributed by atoms with Crippen LogP contribution in [0.25, 0.3) is 0 Å². The zero-order valence-electron chi connectivity index (χ0n) is 16.1. The smallest absolute Gasteiger partial charge is 0.325 e. The predicted molar refractivity (Wildman–Crippen MR) is 112 cm³/mol. The lowest BCUT2D eigenvalue weighted by Gasteiger charge is -2.22. The van der Waals surface area contributed by atoms with Gasteiger partial charge in [0.05, 0.1) is 13.2 Å². The van der Waals surface area contributed by atoms with Crippen molar-refractivity contribution in [2.75, 3.05) is 20.7 Å². The molecule has 2 N–H and O–H groups in total. The van der Waals surface area contributed by atoms with Crippen LogP contribution in [0.2, 0.25) is 0 Å². The highest BCUT2D eigenvalue weighted by molar-refractivity contribution is 14.0. The minimum Gasteiger partial charge on any atom is -0.496 e. The molecule has 0 radical (unpaired) electrons. The highest BCUT2D eigenvalue weighted by Gasteiger charge is 2.17. The summed E-state index contributed by atoms with van der Waals surface area (Å²) >= 11 is 0. The summed E-state index contributed by atoms with van der Waals surface area (Å²) < 4.78 is 10.7. The SMILES string of the molecule is CN=C(NCC(=O)OC(C)(C)C)NC(C)c1cc(C)ccc1OC.I. The summed E-state index contributed by atoms with van der Waals surface area (Å²) in [4.78, 5) is 15.9. The zero-order valence-corrected chi connectivity index (χ0v) is 18.4. The van der Waals surface area contributed by atoms with Crippen molar-refractivity contribution in [1.29, 1.82) is 0 Å². The molecular weight excluding hydrogens is 433 g/mol. The molecule has 1 rings (SSSR count). The van der Waals surface area contributed by atoms with Crippen LogP contribution in [0, 0.1) is 6.92 Å². The molecule has 0 saturated heterocycles. The number of guanidine groups is 1. The van der Waals surface area contributed by atoms with Crippen LogP contribution in [0.1, 0.15) is 44.9 Å². The van der Waals surface area contributed by atoms with Crippen molar-refractivity contribution in [1.82, 2.24) is 10.6 Å². The third-order valence-electron chi connectivity index (χ3n) is 3.25. The molecule has 1 atom stereocenters. The van der Waals surface area contributed by atoms with E-state index in [9.17, 15) is 4.79 Å². The van der Waals surface area contributed by atoms with E-state index in [4.69, 9.17) is 9.47 Å². The van der Waals surface area contributed by atoms with Crippen molar-refractivity contribution in [2.45, 2.75) is 46.3 Å². The molecule has 0 saturated carbocycles. The first-order chi connectivity index (χ1) is 11.2. The zero-order chi connectivity index (χ0) is 18.3. The van der Waals surface area contributed by atoms with Crippen molar-refractivity contribution in [3.63, 3.8) is 0 Å². The summed E-state index contributed by atoms with van der Waals surface area (Å²) in [5.41, 5.74) is 1.67. The van der Waals surface area contributed by atoms with Gasteiger partial charge < -0.3 is 20.1 Å². The van der Waals surface area contributed by atoms with E-state index in [0.717, 1.165) is 16.9 Å². The van der Waals surface area contributed by atoms with Gasteiger partial charge in [0.15, 0.2) is 5.96 Å². The average molecular weight is 463 g/mol. The fraction of sp³-hybridized carbons (Fsp3) is 0.556. The van der Waals surface area contributed by atoms with Gasteiger partial charge in [0, 0.05) is 12.6 Å². The Bertz CT molecular complexity index is 598. The Labute approximate surface area is 167 Å². The number of esters is 1. The molecule has 6 nitrogen and oxygen atoms in total. The number of nitrogens with one attached hydrogen (secondary N) is 2. The second-order valence-corrected chi connectivity index (χ2v) is 6.62. The number of methoxy groups -OCH3 is 1. The topological polar surface area (TPSA) is 72.0 Å². The first kappa shape index (κ1) is 23.5. The summed E-state index contributed by atoms with van der Waals surface area (Å²) in [5.74, 6) is 1.01. The van der Waals surface area contributed by atoms with Gasteiger partial charge in [-0.15, -0.1) is 24.0 Å². The Morgan fingerprint density at radius 1 is 1.32 bits per heavy atom. The summed E-state index contributed by atoms with van der Waals surface area (Å²) in [7, 11) is 3.31. The van der Waals surface area contributed by atoms with E-state index in [1.165, 1.54) is 0 Å². The second kappa shape index (κ2) is 10.5. The van der Waals surface area contributed by atoms with E-state index in [0.29, 0.717) is 5.96 Å². The van der Waals surface area contributed by atoms with Crippen LogP contribution in [-0.4, -0.2) is 38.2 Å². The van der Waals surface area contributed by atoms with Gasteiger partial charge >= 0.3 is 5.97 Å². The van der Waals surface area contributed by atoms with Crippen LogP contribution < -0.4 is 15.4 Å². The van der Waals surface area contributed by atoms with Gasteiger partial charge in [-0.3, -0.25) is 9.79 Å². The second-order valence-electron chi connectivity index (χ2n) is 6.62. The Balaban J connectivity index is 0.00000576. The summed E-state index contributed by atoms with van der Waals surface area (Å²) in [5, 5.41) is 6.22. The molecule has 0 aliphatic carbocycles. The van der Waals surface area contributed by atoms with Crippen LogP contribution in [0.4, 0.5) is 0 Å². The highest BCUT2D eigenvalue weighted by Crippen LogP contribution is 2.25. The number of nitrogens with zero attached hydrogens (tertiary/aromatic N) is 1. The number of aryl methyl sites for hydroxylation is 1. The minimum absolute atomic E-state index is 0. The van der Waals surface area contributed by atoms with Gasteiger partial charge in [-0.2, -0.15) is 0 Å². The maximum Gasteiger partial charge on any atom is 0.325 e. The fourth-order valence-corrected chi connectivity index (χ4v) is 2.20. The number of carbonyl (C=O) groups is 1. The maximum absolute atomic E-state index is 11.8. The van der Waals surface area contributed by atoms with Gasteiger partial charge in [-0.25, -0.2) is 0 Å². The third kappa shape index (κ3) is 8.42. The number of rotatable bonds is 5. The molecule has 0 fully saturated rings. The summed E-state index contributed by atoms with van der Waals surface area (Å²) in [6.07, 6.45) is 0. The molecule has 1 aromatic rings. The lowest BCUT2D eigenvalue weighted by atomic mass is 10.0. The third-order valence-corrected chi connectivity index (χ3v) is 3.25. The summed E-state index contributed by atoms with van der Waals surface area (Å²) in [6, 6.07) is 5.98. The number of hydrogen-bond acceptors (Lipinski definition) is 4. The number of aliphatic imine (C=N–C) groups is 1. The first-order valence-corrected chi connectivity index (χ1v) is 8.00. The molecule has 0 heterocycles. The number of hydrogen-bond donors (Lipinski definition) is 2. The molecular formula is C18H30IN3O3. The largest absolute Gasteiger partial charge is 0.496 e. The van der Waals surface area contributed by atoms with Crippen molar-refractivity contribution in [2.24, 2.45) is 4.99 Å². The Hall–Kier alpha value is -1.51. The molecule has 0 spiro atoms. The maximum atomic E-state index is 11.8. The van der Waals surface area contributed by atoms with Crippen LogP contribution in [0.5, 0.6) is 5.75 Å². The predicted octanol–water partition coefficient (Wildman–Crippen LogP) is 3.19. The van der Waals surface area contributed by atoms with Gasteiger partial charge in [-0.05, 0) is 40.7 Å². The van der Waals surface area contributed by atoms with Gasteiger partial charge in [0.2, 0.25) is 0 Å². The fourth-order valence-electron chi connectivity index (χ4n) is 2.20. The summed E-state index contributed by atoms with van der Waals surface area (Å²) in [6.45, 7) is 9.61. The van der Waals surface area contributed by atoms with Crippen molar-refractivity contribution in [3.8, 4) is 5.75 Å². The average Bonchev–Trinajstić information content (AvgIpc) is 2.49. The lowest BCUT2D eigenvalue weighted by molar-refractivity contribution is -0.153. The standard InChI is InChI=1S/C18H29N3O3.HI/c1-12-8-9-15(23-7)14(10-12)13(2)21-17(19-6)20-11-16(22)24-18(3,4)5;/h8-10,13H,11H2,1-7H3,(H2,19,20,21);1H. The molecule has 0 aliphatic heterocycles. The highest BCUT2D eigenvalue weighted by atomic mass is 127. The first-order valence-electron chi connectivity index (χ1n) is 8.00. The number of ether oxygens (including phenoxy) is 2. The molecule has 0 bridgehead atoms. The molecule has 0 aromatic heterocycles.